The van der Waals surface area contributed by atoms with Crippen LogP contribution < -0.4 is 21.3 Å². The number of carboxylic acid groups (broad SMARTS) is 2. The molecular formula is C8H13N2O5-. The van der Waals surface area contributed by atoms with Crippen molar-refractivity contribution in [1.29, 1.82) is 0 Å². The molecule has 0 bridgehead atoms. The molecule has 0 heterocycles. The number of quaternary nitrogens is 1. The van der Waals surface area contributed by atoms with Crippen LogP contribution in [0.4, 0.5) is 0 Å². The molecule has 0 spiro atoms. The first-order valence-corrected chi connectivity index (χ1v) is 4.38. The van der Waals surface area contributed by atoms with Gasteiger partial charge in [-0.25, -0.2) is 0 Å². The van der Waals surface area contributed by atoms with Gasteiger partial charge in [-0.1, -0.05) is 0 Å². The lowest BCUT2D eigenvalue weighted by molar-refractivity contribution is -0.398. The second kappa shape index (κ2) is 5.97. The second-order valence-corrected chi connectivity index (χ2v) is 3.19. The van der Waals surface area contributed by atoms with Crippen molar-refractivity contribution in [3.63, 3.8) is 0 Å². The quantitative estimate of drug-likeness (QED) is 0.461. The minimum absolute atomic E-state index is 0.261. The molecule has 0 aromatic carbocycles. The van der Waals surface area contributed by atoms with E-state index in [4.69, 9.17) is 0 Å². The van der Waals surface area contributed by atoms with Crippen LogP contribution in [0.1, 0.15) is 19.8 Å². The minimum atomic E-state index is -1.52. The molecular weight excluding hydrogens is 204 g/mol. The lowest BCUT2D eigenvalue weighted by Gasteiger charge is -2.20. The van der Waals surface area contributed by atoms with Crippen molar-refractivity contribution in [2.75, 3.05) is 0 Å². The molecule has 0 saturated heterocycles. The van der Waals surface area contributed by atoms with Crippen molar-refractivity contribution in [3.05, 3.63) is 0 Å². The Balaban J connectivity index is 4.22. The summed E-state index contributed by atoms with van der Waals surface area (Å²) in [6.45, 7) is 1.49. The molecule has 0 rings (SSSR count). The number of carboxylic acids is 2. The summed E-state index contributed by atoms with van der Waals surface area (Å²) in [4.78, 5) is 31.7. The highest BCUT2D eigenvalue weighted by Crippen LogP contribution is 1.96. The predicted octanol–water partition coefficient (Wildman–Crippen LogP) is -4.62. The van der Waals surface area contributed by atoms with Crippen LogP contribution >= 0.6 is 0 Å². The van der Waals surface area contributed by atoms with Crippen LogP contribution in [0.25, 0.3) is 0 Å². The van der Waals surface area contributed by atoms with Crippen LogP contribution in [0.5, 0.6) is 0 Å². The van der Waals surface area contributed by atoms with Crippen molar-refractivity contribution in [2.24, 2.45) is 0 Å². The first-order valence-electron chi connectivity index (χ1n) is 4.38. The van der Waals surface area contributed by atoms with Gasteiger partial charge in [0.1, 0.15) is 0 Å². The Bertz CT molecular complexity index is 264. The molecule has 0 aromatic heterocycles. The molecule has 1 amide bonds. The van der Waals surface area contributed by atoms with Crippen LogP contribution in [-0.2, 0) is 14.4 Å². The van der Waals surface area contributed by atoms with E-state index in [0.717, 1.165) is 0 Å². The Morgan fingerprint density at radius 2 is 1.87 bits per heavy atom. The number of carbonyl (C=O) groups is 3. The number of aliphatic carboxylic acids is 2. The molecule has 15 heavy (non-hydrogen) atoms. The molecule has 86 valence electrons. The van der Waals surface area contributed by atoms with Gasteiger partial charge >= 0.3 is 0 Å². The van der Waals surface area contributed by atoms with Gasteiger partial charge in [0.15, 0.2) is 6.04 Å². The van der Waals surface area contributed by atoms with Gasteiger partial charge in [0.05, 0.1) is 12.0 Å². The Labute approximate surface area is 86.3 Å². The normalized spacial score (nSPS) is 14.0. The fourth-order valence-electron chi connectivity index (χ4n) is 0.825. The highest BCUT2D eigenvalue weighted by atomic mass is 16.4. The molecule has 0 aromatic rings. The summed E-state index contributed by atoms with van der Waals surface area (Å²) < 4.78 is 0. The third kappa shape index (κ3) is 5.63. The highest BCUT2D eigenvalue weighted by molar-refractivity contribution is 5.85. The maximum absolute atomic E-state index is 11.1. The average Bonchev–Trinajstić information content (AvgIpc) is 2.10. The monoisotopic (exact) mass is 217 g/mol. The van der Waals surface area contributed by atoms with Crippen LogP contribution in [0.3, 0.4) is 0 Å². The number of rotatable bonds is 6. The molecule has 0 aliphatic heterocycles. The highest BCUT2D eigenvalue weighted by Gasteiger charge is 2.17. The van der Waals surface area contributed by atoms with E-state index in [2.05, 4.69) is 11.1 Å². The third-order valence-electron chi connectivity index (χ3n) is 1.69. The standard InChI is InChI=1S/C8H14N2O5/c1-4(9)7(13)10-5(8(14)15)2-3-6(11)12/h4-5H,2-3,9H2,1H3,(H,10,13)(H,11,12)(H,14,15)/p-1/t4-,5+/m0/s1. The number of nitrogens with one attached hydrogen (secondary N) is 1. The Morgan fingerprint density at radius 3 is 2.20 bits per heavy atom. The minimum Gasteiger partial charge on any atom is -0.550 e. The van der Waals surface area contributed by atoms with E-state index in [1.54, 1.807) is 0 Å². The molecule has 0 aliphatic carbocycles. The van der Waals surface area contributed by atoms with Crippen LogP contribution in [0.2, 0.25) is 0 Å². The van der Waals surface area contributed by atoms with Crippen molar-refractivity contribution >= 4 is 17.8 Å². The van der Waals surface area contributed by atoms with Crippen LogP contribution in [-0.4, -0.2) is 29.9 Å². The zero-order valence-corrected chi connectivity index (χ0v) is 8.32. The average molecular weight is 217 g/mol. The van der Waals surface area contributed by atoms with Gasteiger partial charge in [0.25, 0.3) is 5.91 Å². The van der Waals surface area contributed by atoms with Gasteiger partial charge in [-0.05, 0) is 19.8 Å². The fourth-order valence-corrected chi connectivity index (χ4v) is 0.825. The molecule has 0 radical (unpaired) electrons. The SMILES string of the molecule is C[C@H]([NH3+])C(=O)N[C@H](CCC(=O)[O-])C(=O)[O-]. The van der Waals surface area contributed by atoms with E-state index in [1.807, 2.05) is 0 Å². The molecule has 2 atom stereocenters. The number of hydrogen-bond acceptors (Lipinski definition) is 5. The number of carbonyl (C=O) groups excluding carboxylic acids is 3. The van der Waals surface area contributed by atoms with E-state index < -0.39 is 36.4 Å². The predicted molar refractivity (Wildman–Crippen MR) is 43.5 cm³/mol. The summed E-state index contributed by atoms with van der Waals surface area (Å²) in [6.07, 6.45) is -0.715. The van der Waals surface area contributed by atoms with Gasteiger partial charge in [-0.2, -0.15) is 0 Å². The molecule has 0 saturated carbocycles. The zero-order chi connectivity index (χ0) is 12.0. The maximum atomic E-state index is 11.1. The summed E-state index contributed by atoms with van der Waals surface area (Å²) in [5, 5.41) is 22.7. The maximum Gasteiger partial charge on any atom is 0.278 e. The lowest BCUT2D eigenvalue weighted by Crippen LogP contribution is -2.67. The summed E-state index contributed by atoms with van der Waals surface area (Å²) in [5.41, 5.74) is 3.39. The van der Waals surface area contributed by atoms with Gasteiger partial charge in [0, 0.05) is 5.97 Å². The summed E-state index contributed by atoms with van der Waals surface area (Å²) in [7, 11) is 0. The summed E-state index contributed by atoms with van der Waals surface area (Å²) in [5.74, 6) is -3.47. The van der Waals surface area contributed by atoms with Crippen molar-refractivity contribution in [1.82, 2.24) is 5.32 Å². The largest absolute Gasteiger partial charge is 0.550 e. The van der Waals surface area contributed by atoms with Crippen molar-refractivity contribution < 1.29 is 30.3 Å². The van der Waals surface area contributed by atoms with Crippen molar-refractivity contribution in [2.45, 2.75) is 31.8 Å². The van der Waals surface area contributed by atoms with Crippen LogP contribution in [0, 0.1) is 0 Å². The van der Waals surface area contributed by atoms with Gasteiger partial charge < -0.3 is 30.9 Å². The van der Waals surface area contributed by atoms with E-state index in [-0.39, 0.29) is 6.42 Å². The molecule has 4 N–H and O–H groups in total. The topological polar surface area (TPSA) is 137 Å². The smallest absolute Gasteiger partial charge is 0.278 e. The Kier molecular flexibility index (Phi) is 5.32. The summed E-state index contributed by atoms with van der Waals surface area (Å²) >= 11 is 0. The van der Waals surface area contributed by atoms with Crippen LogP contribution in [0.15, 0.2) is 0 Å². The molecule has 7 heteroatoms. The third-order valence-corrected chi connectivity index (χ3v) is 1.69. The van der Waals surface area contributed by atoms with Gasteiger partial charge in [-0.3, -0.25) is 4.79 Å². The summed E-state index contributed by atoms with van der Waals surface area (Å²) in [6, 6.07) is -1.94. The Morgan fingerprint density at radius 1 is 1.33 bits per heavy atom. The zero-order valence-electron chi connectivity index (χ0n) is 8.32. The van der Waals surface area contributed by atoms with E-state index in [1.165, 1.54) is 6.92 Å². The lowest BCUT2D eigenvalue weighted by atomic mass is 10.1. The number of amides is 1. The molecule has 0 fully saturated rings. The number of hydrogen-bond donors (Lipinski definition) is 2. The fraction of sp³-hybridized carbons (Fsp3) is 0.625. The molecule has 0 unspecified atom stereocenters. The van der Waals surface area contributed by atoms with E-state index >= 15 is 0 Å². The van der Waals surface area contributed by atoms with Crippen molar-refractivity contribution in [3.8, 4) is 0 Å². The van der Waals surface area contributed by atoms with Gasteiger partial charge in [-0.15, -0.1) is 0 Å². The first kappa shape index (κ1) is 13.4. The molecule has 0 aliphatic rings. The molecule has 7 nitrogen and oxygen atoms in total. The van der Waals surface area contributed by atoms with Gasteiger partial charge in [0.2, 0.25) is 0 Å². The van der Waals surface area contributed by atoms with E-state index in [9.17, 15) is 24.6 Å². The van der Waals surface area contributed by atoms with E-state index in [0.29, 0.717) is 0 Å². The first-order chi connectivity index (χ1) is 6.84. The Hall–Kier alpha value is -1.63. The second-order valence-electron chi connectivity index (χ2n) is 3.19.